The highest BCUT2D eigenvalue weighted by Crippen LogP contribution is 2.26. The predicted molar refractivity (Wildman–Crippen MR) is 118 cm³/mol. The fraction of sp³-hybridized carbons (Fsp3) is 0.458. The molecule has 2 atom stereocenters. The lowest BCUT2D eigenvalue weighted by Gasteiger charge is -2.23. The van der Waals surface area contributed by atoms with Gasteiger partial charge < -0.3 is 14.8 Å². The molecule has 0 radical (unpaired) electrons. The highest BCUT2D eigenvalue weighted by Gasteiger charge is 2.25. The van der Waals surface area contributed by atoms with Crippen LogP contribution in [-0.2, 0) is 14.3 Å². The summed E-state index contributed by atoms with van der Waals surface area (Å²) in [5.74, 6) is -0.958. The van der Waals surface area contributed by atoms with Crippen molar-refractivity contribution < 1.29 is 23.9 Å². The Hall–Kier alpha value is -3.09. The number of imide groups is 1. The molecule has 0 aromatic heterocycles. The molecule has 1 saturated carbocycles. The Labute approximate surface area is 182 Å². The number of carbonyl (C=O) groups is 3. The molecule has 0 spiro atoms. The van der Waals surface area contributed by atoms with Crippen LogP contribution in [0.4, 0.5) is 4.79 Å². The molecule has 1 aliphatic carbocycles. The van der Waals surface area contributed by atoms with E-state index >= 15 is 0 Å². The molecule has 3 amide bonds. The summed E-state index contributed by atoms with van der Waals surface area (Å²) in [6, 6.07) is 11.0. The number of hydrogen-bond donors (Lipinski definition) is 2. The van der Waals surface area contributed by atoms with Crippen LogP contribution in [0.3, 0.4) is 0 Å². The Balaban J connectivity index is 1.54. The number of fused-ring (bicyclic) bond motifs is 1. The second-order valence-electron chi connectivity index (χ2n) is 8.07. The Morgan fingerprint density at radius 2 is 1.65 bits per heavy atom. The summed E-state index contributed by atoms with van der Waals surface area (Å²) in [5.41, 5.74) is 0.783. The van der Waals surface area contributed by atoms with Crippen LogP contribution >= 0.6 is 0 Å². The van der Waals surface area contributed by atoms with Crippen LogP contribution in [0.5, 0.6) is 5.75 Å². The first kappa shape index (κ1) is 22.6. The van der Waals surface area contributed by atoms with Gasteiger partial charge in [0.2, 0.25) is 0 Å². The number of benzene rings is 2. The van der Waals surface area contributed by atoms with E-state index in [1.165, 1.54) is 13.3 Å². The molecule has 0 unspecified atom stereocenters. The quantitative estimate of drug-likeness (QED) is 0.680. The summed E-state index contributed by atoms with van der Waals surface area (Å²) in [6.45, 7) is 3.19. The average Bonchev–Trinajstić information content (AvgIpc) is 2.78. The highest BCUT2D eigenvalue weighted by atomic mass is 16.5. The van der Waals surface area contributed by atoms with Gasteiger partial charge in [0.1, 0.15) is 5.75 Å². The van der Waals surface area contributed by atoms with Crippen molar-refractivity contribution in [1.29, 1.82) is 0 Å². The van der Waals surface area contributed by atoms with E-state index in [1.807, 2.05) is 36.4 Å². The Morgan fingerprint density at radius 3 is 2.35 bits per heavy atom. The molecule has 0 saturated heterocycles. The van der Waals surface area contributed by atoms with Crippen molar-refractivity contribution in [2.24, 2.45) is 0 Å². The van der Waals surface area contributed by atoms with Crippen molar-refractivity contribution >= 4 is 28.7 Å². The van der Waals surface area contributed by atoms with Crippen LogP contribution in [0.2, 0.25) is 0 Å². The Morgan fingerprint density at radius 1 is 0.968 bits per heavy atom. The fourth-order valence-electron chi connectivity index (χ4n) is 3.79. The van der Waals surface area contributed by atoms with E-state index in [9.17, 15) is 14.4 Å². The topological polar surface area (TPSA) is 93.7 Å². The molecule has 1 aliphatic rings. The number of amides is 3. The standard InChI is InChI=1S/C24H30N2O5/c1-15(17-9-10-19-14-21(30-3)12-11-18(19)13-17)23(28)31-16(2)22(27)26-24(29)25-20-7-5-4-6-8-20/h9-16,20H,4-8H2,1-3H3,(H2,25,26,27,29)/t15-,16+/m0/s1. The minimum absolute atomic E-state index is 0.0901. The average molecular weight is 427 g/mol. The zero-order valence-corrected chi connectivity index (χ0v) is 18.3. The maximum Gasteiger partial charge on any atom is 0.321 e. The van der Waals surface area contributed by atoms with Crippen LogP contribution in [0.1, 0.15) is 57.4 Å². The van der Waals surface area contributed by atoms with Gasteiger partial charge in [-0.05, 0) is 55.2 Å². The van der Waals surface area contributed by atoms with Crippen LogP contribution in [0, 0.1) is 0 Å². The molecule has 31 heavy (non-hydrogen) atoms. The molecule has 2 aromatic rings. The normalized spacial score (nSPS) is 16.2. The molecule has 1 fully saturated rings. The van der Waals surface area contributed by atoms with E-state index in [0.717, 1.165) is 47.8 Å². The largest absolute Gasteiger partial charge is 0.497 e. The summed E-state index contributed by atoms with van der Waals surface area (Å²) < 4.78 is 10.6. The van der Waals surface area contributed by atoms with Gasteiger partial charge in [0.15, 0.2) is 6.10 Å². The maximum atomic E-state index is 12.6. The number of hydrogen-bond acceptors (Lipinski definition) is 5. The third kappa shape index (κ3) is 5.96. The fourth-order valence-corrected chi connectivity index (χ4v) is 3.79. The monoisotopic (exact) mass is 426 g/mol. The second kappa shape index (κ2) is 10.3. The second-order valence-corrected chi connectivity index (χ2v) is 8.07. The summed E-state index contributed by atoms with van der Waals surface area (Å²) >= 11 is 0. The van der Waals surface area contributed by atoms with Gasteiger partial charge in [-0.15, -0.1) is 0 Å². The molecular formula is C24H30N2O5. The lowest BCUT2D eigenvalue weighted by Crippen LogP contribution is -2.48. The first-order valence-electron chi connectivity index (χ1n) is 10.8. The Kier molecular flexibility index (Phi) is 7.50. The van der Waals surface area contributed by atoms with Gasteiger partial charge in [-0.25, -0.2) is 4.79 Å². The van der Waals surface area contributed by atoms with Crippen LogP contribution in [0.25, 0.3) is 10.8 Å². The highest BCUT2D eigenvalue weighted by molar-refractivity contribution is 5.97. The third-order valence-corrected chi connectivity index (χ3v) is 5.76. The van der Waals surface area contributed by atoms with Crippen molar-refractivity contribution in [2.45, 2.75) is 64.0 Å². The first-order valence-corrected chi connectivity index (χ1v) is 10.8. The smallest absolute Gasteiger partial charge is 0.321 e. The van der Waals surface area contributed by atoms with E-state index in [2.05, 4.69) is 10.6 Å². The lowest BCUT2D eigenvalue weighted by molar-refractivity contribution is -0.155. The molecule has 7 heteroatoms. The zero-order valence-electron chi connectivity index (χ0n) is 18.3. The van der Waals surface area contributed by atoms with Crippen LogP contribution in [0.15, 0.2) is 36.4 Å². The van der Waals surface area contributed by atoms with Crippen molar-refractivity contribution in [1.82, 2.24) is 10.6 Å². The molecule has 7 nitrogen and oxygen atoms in total. The van der Waals surface area contributed by atoms with E-state index in [4.69, 9.17) is 9.47 Å². The minimum atomic E-state index is -1.07. The Bertz CT molecular complexity index is 952. The molecule has 2 aromatic carbocycles. The third-order valence-electron chi connectivity index (χ3n) is 5.76. The number of esters is 1. The number of ether oxygens (including phenoxy) is 2. The van der Waals surface area contributed by atoms with Crippen molar-refractivity contribution in [3.63, 3.8) is 0 Å². The van der Waals surface area contributed by atoms with Gasteiger partial charge >= 0.3 is 12.0 Å². The molecule has 0 heterocycles. The number of urea groups is 1. The molecular weight excluding hydrogens is 396 g/mol. The molecule has 3 rings (SSSR count). The van der Waals surface area contributed by atoms with Gasteiger partial charge in [-0.3, -0.25) is 14.9 Å². The van der Waals surface area contributed by atoms with Crippen molar-refractivity contribution in [3.05, 3.63) is 42.0 Å². The summed E-state index contributed by atoms with van der Waals surface area (Å²) in [6.07, 6.45) is 4.09. The predicted octanol–water partition coefficient (Wildman–Crippen LogP) is 4.04. The number of methoxy groups -OCH3 is 1. The molecule has 0 bridgehead atoms. The summed E-state index contributed by atoms with van der Waals surface area (Å²) in [7, 11) is 1.62. The van der Waals surface area contributed by atoms with E-state index < -0.39 is 29.9 Å². The molecule has 0 aliphatic heterocycles. The summed E-state index contributed by atoms with van der Waals surface area (Å²) in [4.78, 5) is 36.9. The van der Waals surface area contributed by atoms with Crippen molar-refractivity contribution in [3.8, 4) is 5.75 Å². The number of nitrogens with one attached hydrogen (secondary N) is 2. The van der Waals surface area contributed by atoms with Gasteiger partial charge in [0.05, 0.1) is 13.0 Å². The molecule has 166 valence electrons. The van der Waals surface area contributed by atoms with Gasteiger partial charge in [0, 0.05) is 6.04 Å². The van der Waals surface area contributed by atoms with E-state index in [-0.39, 0.29) is 6.04 Å². The maximum absolute atomic E-state index is 12.6. The van der Waals surface area contributed by atoms with Gasteiger partial charge in [0.25, 0.3) is 5.91 Å². The van der Waals surface area contributed by atoms with Crippen molar-refractivity contribution in [2.75, 3.05) is 7.11 Å². The number of rotatable bonds is 6. The van der Waals surface area contributed by atoms with Crippen LogP contribution in [-0.4, -0.2) is 37.2 Å². The van der Waals surface area contributed by atoms with Crippen LogP contribution < -0.4 is 15.4 Å². The number of carbonyl (C=O) groups excluding carboxylic acids is 3. The van der Waals surface area contributed by atoms with Gasteiger partial charge in [-0.2, -0.15) is 0 Å². The first-order chi connectivity index (χ1) is 14.9. The van der Waals surface area contributed by atoms with E-state index in [1.54, 1.807) is 14.0 Å². The zero-order chi connectivity index (χ0) is 22.4. The van der Waals surface area contributed by atoms with Gasteiger partial charge in [-0.1, -0.05) is 43.5 Å². The molecule has 2 N–H and O–H groups in total. The minimum Gasteiger partial charge on any atom is -0.497 e. The lowest BCUT2D eigenvalue weighted by atomic mass is 9.96. The summed E-state index contributed by atoms with van der Waals surface area (Å²) in [5, 5.41) is 7.05. The SMILES string of the molecule is COc1ccc2cc([C@H](C)C(=O)O[C@H](C)C(=O)NC(=O)NC3CCCCC3)ccc2c1. The van der Waals surface area contributed by atoms with E-state index in [0.29, 0.717) is 0 Å².